The molecule has 0 unspecified atom stereocenters. The van der Waals surface area contributed by atoms with E-state index in [9.17, 15) is 13.2 Å². The highest BCUT2D eigenvalue weighted by atomic mass is 32.2. The Labute approximate surface area is 188 Å². The molecule has 0 atom stereocenters. The van der Waals surface area contributed by atoms with Crippen molar-refractivity contribution in [2.45, 2.75) is 18.7 Å². The zero-order valence-corrected chi connectivity index (χ0v) is 19.1. The minimum absolute atomic E-state index is 0.0945. The Balaban J connectivity index is 1.93. The molecule has 0 aromatic heterocycles. The van der Waals surface area contributed by atoms with Gasteiger partial charge in [-0.1, -0.05) is 29.8 Å². The highest BCUT2D eigenvalue weighted by molar-refractivity contribution is 7.92. The molecule has 0 aliphatic rings. The molecule has 7 nitrogen and oxygen atoms in total. The second-order valence-electron chi connectivity index (χ2n) is 7.04. The number of carbonyl (C=O) groups excluding carboxylic acids is 1. The Hall–Kier alpha value is -3.52. The summed E-state index contributed by atoms with van der Waals surface area (Å²) < 4.78 is 38.7. The number of nitrogens with one attached hydrogen (secondary N) is 1. The molecule has 0 radical (unpaired) electrons. The van der Waals surface area contributed by atoms with E-state index in [1.165, 1.54) is 19.2 Å². The van der Waals surface area contributed by atoms with Crippen molar-refractivity contribution in [1.29, 1.82) is 0 Å². The number of benzene rings is 3. The van der Waals surface area contributed by atoms with Crippen LogP contribution in [0.2, 0.25) is 0 Å². The number of anilines is 2. The van der Waals surface area contributed by atoms with Crippen molar-refractivity contribution in [3.8, 4) is 11.5 Å². The van der Waals surface area contributed by atoms with Crippen LogP contribution in [0.1, 0.15) is 12.5 Å². The number of hydrogen-bond acceptors (Lipinski definition) is 5. The Kier molecular flexibility index (Phi) is 7.37. The van der Waals surface area contributed by atoms with Crippen LogP contribution >= 0.6 is 0 Å². The van der Waals surface area contributed by atoms with E-state index in [1.807, 2.05) is 13.8 Å². The fourth-order valence-electron chi connectivity index (χ4n) is 3.08. The van der Waals surface area contributed by atoms with Gasteiger partial charge in [-0.3, -0.25) is 9.10 Å². The van der Waals surface area contributed by atoms with Gasteiger partial charge in [0.2, 0.25) is 5.91 Å². The van der Waals surface area contributed by atoms with E-state index in [0.29, 0.717) is 29.5 Å². The first kappa shape index (κ1) is 23.1. The summed E-state index contributed by atoms with van der Waals surface area (Å²) in [6.07, 6.45) is 0. The standard InChI is InChI=1S/C24H26N2O5S/c1-4-31-22-10-5-7-19(15-22)25-24(27)17-26(20-8-6-9-21(16-20)30-3)32(28,29)23-13-11-18(2)12-14-23/h5-16H,4,17H2,1-3H3,(H,25,27). The van der Waals surface area contributed by atoms with E-state index in [-0.39, 0.29) is 4.90 Å². The molecule has 3 aromatic rings. The molecule has 0 aliphatic heterocycles. The Morgan fingerprint density at radius 2 is 1.66 bits per heavy atom. The molecule has 32 heavy (non-hydrogen) atoms. The number of sulfonamides is 1. The maximum Gasteiger partial charge on any atom is 0.264 e. The fraction of sp³-hybridized carbons (Fsp3) is 0.208. The number of carbonyl (C=O) groups is 1. The third-order valence-corrected chi connectivity index (χ3v) is 6.45. The van der Waals surface area contributed by atoms with Gasteiger partial charge in [-0.05, 0) is 50.2 Å². The zero-order chi connectivity index (χ0) is 23.1. The average Bonchev–Trinajstić information content (AvgIpc) is 2.78. The second-order valence-corrected chi connectivity index (χ2v) is 8.90. The molecule has 0 heterocycles. The van der Waals surface area contributed by atoms with Gasteiger partial charge in [0.15, 0.2) is 0 Å². The van der Waals surface area contributed by atoms with Gasteiger partial charge in [0.05, 0.1) is 24.3 Å². The van der Waals surface area contributed by atoms with Crippen molar-refractivity contribution in [2.75, 3.05) is 29.9 Å². The topological polar surface area (TPSA) is 84.9 Å². The van der Waals surface area contributed by atoms with Gasteiger partial charge in [-0.25, -0.2) is 8.42 Å². The molecule has 0 bridgehead atoms. The summed E-state index contributed by atoms with van der Waals surface area (Å²) in [6.45, 7) is 3.82. The highest BCUT2D eigenvalue weighted by Crippen LogP contribution is 2.27. The maximum absolute atomic E-state index is 13.5. The van der Waals surface area contributed by atoms with Crippen molar-refractivity contribution in [2.24, 2.45) is 0 Å². The number of rotatable bonds is 9. The molecule has 3 rings (SSSR count). The summed E-state index contributed by atoms with van der Waals surface area (Å²) in [4.78, 5) is 13.0. The molecule has 0 saturated carbocycles. The number of ether oxygens (including phenoxy) is 2. The SMILES string of the molecule is CCOc1cccc(NC(=O)CN(c2cccc(OC)c2)S(=O)(=O)c2ccc(C)cc2)c1. The molecule has 8 heteroatoms. The first-order valence-corrected chi connectivity index (χ1v) is 11.5. The summed E-state index contributed by atoms with van der Waals surface area (Å²) >= 11 is 0. The maximum atomic E-state index is 13.5. The minimum Gasteiger partial charge on any atom is -0.497 e. The summed E-state index contributed by atoms with van der Waals surface area (Å²) in [6, 6.07) is 20.0. The predicted octanol–water partition coefficient (Wildman–Crippen LogP) is 4.24. The molecule has 0 saturated heterocycles. The van der Waals surface area contributed by atoms with Gasteiger partial charge >= 0.3 is 0 Å². The molecule has 1 amide bonds. The number of nitrogens with zero attached hydrogens (tertiary/aromatic N) is 1. The van der Waals surface area contributed by atoms with Gasteiger partial charge in [0.1, 0.15) is 18.0 Å². The van der Waals surface area contributed by atoms with E-state index in [0.717, 1.165) is 9.87 Å². The van der Waals surface area contributed by atoms with Crippen LogP contribution in [-0.2, 0) is 14.8 Å². The molecule has 0 spiro atoms. The van der Waals surface area contributed by atoms with Crippen LogP contribution in [0.3, 0.4) is 0 Å². The quantitative estimate of drug-likeness (QED) is 0.523. The lowest BCUT2D eigenvalue weighted by atomic mass is 10.2. The summed E-state index contributed by atoms with van der Waals surface area (Å²) in [7, 11) is -2.51. The molecular formula is C24H26N2O5S. The lowest BCUT2D eigenvalue weighted by Crippen LogP contribution is -2.38. The third kappa shape index (κ3) is 5.59. The summed E-state index contributed by atoms with van der Waals surface area (Å²) in [5, 5.41) is 2.75. The Morgan fingerprint density at radius 3 is 2.34 bits per heavy atom. The minimum atomic E-state index is -4.01. The highest BCUT2D eigenvalue weighted by Gasteiger charge is 2.27. The van der Waals surface area contributed by atoms with Crippen LogP contribution in [0.15, 0.2) is 77.7 Å². The molecule has 3 aromatic carbocycles. The molecule has 1 N–H and O–H groups in total. The predicted molar refractivity (Wildman–Crippen MR) is 125 cm³/mol. The number of methoxy groups -OCH3 is 1. The van der Waals surface area contributed by atoms with Gasteiger partial charge in [0.25, 0.3) is 10.0 Å². The van der Waals surface area contributed by atoms with Crippen LogP contribution < -0.4 is 19.1 Å². The molecular weight excluding hydrogens is 428 g/mol. The Morgan fingerprint density at radius 1 is 0.969 bits per heavy atom. The normalized spacial score (nSPS) is 11.0. The van der Waals surface area contributed by atoms with Crippen LogP contribution in [-0.4, -0.2) is 34.6 Å². The fourth-order valence-corrected chi connectivity index (χ4v) is 4.49. The van der Waals surface area contributed by atoms with Crippen molar-refractivity contribution in [3.63, 3.8) is 0 Å². The van der Waals surface area contributed by atoms with Crippen LogP contribution in [0.5, 0.6) is 11.5 Å². The van der Waals surface area contributed by atoms with Crippen molar-refractivity contribution < 1.29 is 22.7 Å². The van der Waals surface area contributed by atoms with E-state index in [4.69, 9.17) is 9.47 Å². The number of aryl methyl sites for hydroxylation is 1. The Bertz CT molecular complexity index is 1180. The van der Waals surface area contributed by atoms with E-state index in [1.54, 1.807) is 60.7 Å². The first-order chi connectivity index (χ1) is 15.3. The summed E-state index contributed by atoms with van der Waals surface area (Å²) in [5.41, 5.74) is 1.77. The lowest BCUT2D eigenvalue weighted by Gasteiger charge is -2.24. The lowest BCUT2D eigenvalue weighted by molar-refractivity contribution is -0.114. The second kappa shape index (κ2) is 10.2. The van der Waals surface area contributed by atoms with Gasteiger partial charge in [0, 0.05) is 17.8 Å². The van der Waals surface area contributed by atoms with E-state index in [2.05, 4.69) is 5.32 Å². The van der Waals surface area contributed by atoms with E-state index >= 15 is 0 Å². The van der Waals surface area contributed by atoms with Gasteiger partial charge in [-0.15, -0.1) is 0 Å². The number of hydrogen-bond donors (Lipinski definition) is 1. The van der Waals surface area contributed by atoms with Crippen LogP contribution in [0.25, 0.3) is 0 Å². The van der Waals surface area contributed by atoms with Gasteiger partial charge in [-0.2, -0.15) is 0 Å². The zero-order valence-electron chi connectivity index (χ0n) is 18.2. The van der Waals surface area contributed by atoms with E-state index < -0.39 is 22.5 Å². The smallest absolute Gasteiger partial charge is 0.264 e. The van der Waals surface area contributed by atoms with Crippen molar-refractivity contribution in [3.05, 3.63) is 78.4 Å². The van der Waals surface area contributed by atoms with Crippen molar-refractivity contribution in [1.82, 2.24) is 0 Å². The first-order valence-electron chi connectivity index (χ1n) is 10.1. The number of amides is 1. The monoisotopic (exact) mass is 454 g/mol. The molecule has 0 aliphatic carbocycles. The largest absolute Gasteiger partial charge is 0.497 e. The van der Waals surface area contributed by atoms with Gasteiger partial charge < -0.3 is 14.8 Å². The van der Waals surface area contributed by atoms with Crippen LogP contribution in [0, 0.1) is 6.92 Å². The van der Waals surface area contributed by atoms with Crippen LogP contribution in [0.4, 0.5) is 11.4 Å². The molecule has 0 fully saturated rings. The molecule has 168 valence electrons. The third-order valence-electron chi connectivity index (χ3n) is 4.67. The summed E-state index contributed by atoms with van der Waals surface area (Å²) in [5.74, 6) is 0.607. The average molecular weight is 455 g/mol. The van der Waals surface area contributed by atoms with Crippen molar-refractivity contribution >= 4 is 27.3 Å².